The lowest BCUT2D eigenvalue weighted by Crippen LogP contribution is -2.37. The summed E-state index contributed by atoms with van der Waals surface area (Å²) in [6.45, 7) is 8.70. The number of hydrogen-bond donors (Lipinski definition) is 1. The van der Waals surface area contributed by atoms with E-state index in [2.05, 4.69) is 18.4 Å². The van der Waals surface area contributed by atoms with E-state index < -0.39 is 6.10 Å². The Kier molecular flexibility index (Phi) is 9.12. The molecule has 1 aliphatic rings. The molecule has 6 heteroatoms. The molecule has 6 nitrogen and oxygen atoms in total. The van der Waals surface area contributed by atoms with Gasteiger partial charge in [0.15, 0.2) is 0 Å². The van der Waals surface area contributed by atoms with Gasteiger partial charge in [-0.25, -0.2) is 4.68 Å². The lowest BCUT2D eigenvalue weighted by molar-refractivity contribution is 0.0441. The monoisotopic (exact) mass is 475 g/mol. The zero-order chi connectivity index (χ0) is 24.5. The van der Waals surface area contributed by atoms with Crippen molar-refractivity contribution in [3.8, 4) is 17.3 Å². The fraction of sp³-hybridized carbons (Fsp3) is 0.414. The number of ether oxygens (including phenoxy) is 2. The first kappa shape index (κ1) is 25.2. The molecule has 0 saturated carbocycles. The second kappa shape index (κ2) is 12.7. The van der Waals surface area contributed by atoms with Crippen LogP contribution >= 0.6 is 0 Å². The fourth-order valence-electron chi connectivity index (χ4n) is 4.57. The summed E-state index contributed by atoms with van der Waals surface area (Å²) in [5.41, 5.74) is 3.00. The van der Waals surface area contributed by atoms with Gasteiger partial charge < -0.3 is 14.6 Å². The highest BCUT2D eigenvalue weighted by molar-refractivity contribution is 5.43. The smallest absolute Gasteiger partial charge is 0.227 e. The SMILES string of the molecule is C=CCC[C@H](O)CN(Cc1c(CC)nn(-c2ccccc2)c1Oc1ccccc1)C[C@@H]1CCCO1. The van der Waals surface area contributed by atoms with E-state index >= 15 is 0 Å². The molecule has 0 bridgehead atoms. The molecule has 1 aliphatic heterocycles. The number of aromatic nitrogens is 2. The predicted octanol–water partition coefficient (Wildman–Crippen LogP) is 5.54. The van der Waals surface area contributed by atoms with Gasteiger partial charge in [0, 0.05) is 26.2 Å². The van der Waals surface area contributed by atoms with Crippen LogP contribution in [0.15, 0.2) is 73.3 Å². The molecule has 1 saturated heterocycles. The van der Waals surface area contributed by atoms with Crippen molar-refractivity contribution in [2.24, 2.45) is 0 Å². The lowest BCUT2D eigenvalue weighted by Gasteiger charge is -2.27. The molecule has 0 radical (unpaired) electrons. The minimum absolute atomic E-state index is 0.189. The van der Waals surface area contributed by atoms with Gasteiger partial charge >= 0.3 is 0 Å². The molecule has 2 aromatic carbocycles. The van der Waals surface area contributed by atoms with Crippen molar-refractivity contribution < 1.29 is 14.6 Å². The molecule has 1 N–H and O–H groups in total. The van der Waals surface area contributed by atoms with E-state index in [0.29, 0.717) is 19.5 Å². The number of nitrogens with zero attached hydrogens (tertiary/aromatic N) is 3. The summed E-state index contributed by atoms with van der Waals surface area (Å²) < 4.78 is 14.3. The molecule has 186 valence electrons. The van der Waals surface area contributed by atoms with Crippen LogP contribution in [0.1, 0.15) is 43.9 Å². The maximum absolute atomic E-state index is 10.7. The van der Waals surface area contributed by atoms with Crippen LogP contribution in [0, 0.1) is 0 Å². The maximum Gasteiger partial charge on any atom is 0.227 e. The van der Waals surface area contributed by atoms with E-state index in [1.807, 2.05) is 71.4 Å². The topological polar surface area (TPSA) is 59.8 Å². The Bertz CT molecular complexity index is 1050. The van der Waals surface area contributed by atoms with Gasteiger partial charge in [0.2, 0.25) is 5.88 Å². The minimum atomic E-state index is -0.429. The van der Waals surface area contributed by atoms with Crippen LogP contribution in [-0.4, -0.2) is 51.7 Å². The average Bonchev–Trinajstić information content (AvgIpc) is 3.52. The highest BCUT2D eigenvalue weighted by Gasteiger charge is 2.26. The van der Waals surface area contributed by atoms with Crippen LogP contribution in [0.2, 0.25) is 0 Å². The van der Waals surface area contributed by atoms with Crippen molar-refractivity contribution >= 4 is 0 Å². The fourth-order valence-corrected chi connectivity index (χ4v) is 4.57. The van der Waals surface area contributed by atoms with Crippen LogP contribution in [0.4, 0.5) is 0 Å². The highest BCUT2D eigenvalue weighted by Crippen LogP contribution is 2.32. The zero-order valence-electron chi connectivity index (χ0n) is 20.7. The van der Waals surface area contributed by atoms with Gasteiger partial charge in [-0.2, -0.15) is 5.10 Å². The molecule has 3 aromatic rings. The molecule has 4 rings (SSSR count). The average molecular weight is 476 g/mol. The number of rotatable bonds is 13. The van der Waals surface area contributed by atoms with E-state index in [9.17, 15) is 5.11 Å². The van der Waals surface area contributed by atoms with Crippen molar-refractivity contribution in [2.45, 2.75) is 57.8 Å². The molecule has 0 spiro atoms. The quantitative estimate of drug-likeness (QED) is 0.329. The van der Waals surface area contributed by atoms with Crippen LogP contribution in [0.5, 0.6) is 11.6 Å². The van der Waals surface area contributed by atoms with Crippen molar-refractivity contribution in [1.82, 2.24) is 14.7 Å². The summed E-state index contributed by atoms with van der Waals surface area (Å²) in [5.74, 6) is 1.49. The number of aliphatic hydroxyl groups excluding tert-OH is 1. The Morgan fingerprint density at radius 1 is 1.20 bits per heavy atom. The minimum Gasteiger partial charge on any atom is -0.439 e. The van der Waals surface area contributed by atoms with Crippen LogP contribution in [0.25, 0.3) is 5.69 Å². The first-order valence-corrected chi connectivity index (χ1v) is 12.7. The van der Waals surface area contributed by atoms with E-state index in [1.165, 1.54) is 0 Å². The van der Waals surface area contributed by atoms with Gasteiger partial charge in [-0.05, 0) is 56.4 Å². The number of hydrogen-bond acceptors (Lipinski definition) is 5. The summed E-state index contributed by atoms with van der Waals surface area (Å²) in [7, 11) is 0. The molecular weight excluding hydrogens is 438 g/mol. The lowest BCUT2D eigenvalue weighted by atomic mass is 10.1. The van der Waals surface area contributed by atoms with E-state index in [-0.39, 0.29) is 6.10 Å². The van der Waals surface area contributed by atoms with Crippen molar-refractivity contribution in [3.63, 3.8) is 0 Å². The van der Waals surface area contributed by atoms with Gasteiger partial charge in [0.05, 0.1) is 29.2 Å². The molecule has 2 heterocycles. The third-order valence-electron chi connectivity index (χ3n) is 6.35. The third kappa shape index (κ3) is 6.82. The van der Waals surface area contributed by atoms with Gasteiger partial charge in [0.1, 0.15) is 5.75 Å². The number of benzene rings is 2. The Hall–Kier alpha value is -2.93. The molecular formula is C29H37N3O3. The predicted molar refractivity (Wildman–Crippen MR) is 139 cm³/mol. The standard InChI is InChI=1S/C29H37N3O3/c1-3-5-15-24(33)20-31(21-26-18-12-19-34-26)22-27-28(4-2)30-32(23-13-8-6-9-14-23)29(27)35-25-16-10-7-11-17-25/h3,6-11,13-14,16-17,24,26,33H,1,4-5,12,15,18-22H2,2H3/t24-,26-/m0/s1. The molecule has 0 amide bonds. The van der Waals surface area contributed by atoms with Crippen LogP contribution < -0.4 is 4.74 Å². The van der Waals surface area contributed by atoms with Gasteiger partial charge in [0.25, 0.3) is 0 Å². The summed E-state index contributed by atoms with van der Waals surface area (Å²) in [4.78, 5) is 2.30. The Morgan fingerprint density at radius 3 is 2.60 bits per heavy atom. The normalized spacial score (nSPS) is 16.5. The largest absolute Gasteiger partial charge is 0.439 e. The number of allylic oxidation sites excluding steroid dienone is 1. The van der Waals surface area contributed by atoms with Gasteiger partial charge in [-0.15, -0.1) is 6.58 Å². The Labute approximate surface area is 208 Å². The van der Waals surface area contributed by atoms with E-state index in [0.717, 1.165) is 67.4 Å². The Balaban J connectivity index is 1.68. The molecule has 0 aliphatic carbocycles. The molecule has 1 aromatic heterocycles. The second-order valence-electron chi connectivity index (χ2n) is 9.10. The second-order valence-corrected chi connectivity index (χ2v) is 9.10. The third-order valence-corrected chi connectivity index (χ3v) is 6.35. The zero-order valence-corrected chi connectivity index (χ0v) is 20.7. The molecule has 35 heavy (non-hydrogen) atoms. The van der Waals surface area contributed by atoms with Crippen LogP contribution in [0.3, 0.4) is 0 Å². The van der Waals surface area contributed by atoms with Crippen molar-refractivity contribution in [1.29, 1.82) is 0 Å². The molecule has 2 atom stereocenters. The molecule has 1 fully saturated rings. The Morgan fingerprint density at radius 2 is 1.94 bits per heavy atom. The summed E-state index contributed by atoms with van der Waals surface area (Å²) >= 11 is 0. The summed E-state index contributed by atoms with van der Waals surface area (Å²) in [6, 6.07) is 19.9. The first-order chi connectivity index (χ1) is 17.2. The number of aliphatic hydroxyl groups is 1. The first-order valence-electron chi connectivity index (χ1n) is 12.7. The van der Waals surface area contributed by atoms with Gasteiger partial charge in [-0.3, -0.25) is 4.90 Å². The van der Waals surface area contributed by atoms with E-state index in [4.69, 9.17) is 14.6 Å². The van der Waals surface area contributed by atoms with Gasteiger partial charge in [-0.1, -0.05) is 49.4 Å². The highest BCUT2D eigenvalue weighted by atomic mass is 16.5. The number of para-hydroxylation sites is 2. The van der Waals surface area contributed by atoms with Crippen molar-refractivity contribution in [2.75, 3.05) is 19.7 Å². The summed E-state index contributed by atoms with van der Waals surface area (Å²) in [6.07, 6.45) is 6.04. The summed E-state index contributed by atoms with van der Waals surface area (Å²) in [5, 5.41) is 15.7. The van der Waals surface area contributed by atoms with E-state index in [1.54, 1.807) is 0 Å². The maximum atomic E-state index is 10.7. The number of aryl methyl sites for hydroxylation is 1. The van der Waals surface area contributed by atoms with Crippen molar-refractivity contribution in [3.05, 3.63) is 84.6 Å². The molecule has 0 unspecified atom stereocenters. The van der Waals surface area contributed by atoms with Crippen LogP contribution in [-0.2, 0) is 17.7 Å².